The molecule has 1 amide bonds. The third-order valence-corrected chi connectivity index (χ3v) is 3.46. The van der Waals surface area contributed by atoms with Gasteiger partial charge in [-0.2, -0.15) is 0 Å². The van der Waals surface area contributed by atoms with Crippen molar-refractivity contribution in [1.82, 2.24) is 9.38 Å². The van der Waals surface area contributed by atoms with Crippen LogP contribution in [-0.2, 0) is 4.79 Å². The number of carbonyl (C=O) groups is 1. The number of aromatic nitrogens is 2. The number of alkyl halides is 2. The minimum atomic E-state index is -1.21. The summed E-state index contributed by atoms with van der Waals surface area (Å²) in [6.07, 6.45) is 1.73. The Bertz CT molecular complexity index is 848. The summed E-state index contributed by atoms with van der Waals surface area (Å²) in [4.78, 5) is 15.0. The van der Waals surface area contributed by atoms with Crippen LogP contribution in [0, 0.1) is 5.82 Å². The van der Waals surface area contributed by atoms with Gasteiger partial charge in [-0.25, -0.2) is 9.37 Å². The van der Waals surface area contributed by atoms with Gasteiger partial charge in [-0.3, -0.25) is 9.20 Å². The molecule has 3 aromatic rings. The largest absolute Gasteiger partial charge is 0.308 e. The fourth-order valence-electron chi connectivity index (χ4n) is 2.12. The van der Waals surface area contributed by atoms with Gasteiger partial charge in [-0.05, 0) is 24.3 Å². The number of hydrogen-bond donors (Lipinski definition) is 1. The van der Waals surface area contributed by atoms with Crippen molar-refractivity contribution in [1.29, 1.82) is 0 Å². The molecule has 7 heteroatoms. The van der Waals surface area contributed by atoms with Crippen LogP contribution in [0.4, 0.5) is 10.2 Å². The number of carbonyl (C=O) groups excluding carboxylic acids is 1. The lowest BCUT2D eigenvalue weighted by atomic mass is 10.1. The predicted molar refractivity (Wildman–Crippen MR) is 84.7 cm³/mol. The van der Waals surface area contributed by atoms with Crippen LogP contribution in [0.25, 0.3) is 16.9 Å². The van der Waals surface area contributed by atoms with Gasteiger partial charge in [0.25, 0.3) is 5.91 Å². The number of nitrogens with one attached hydrogen (secondary N) is 1. The number of pyridine rings is 1. The molecular formula is C15H10Cl2FN3O. The van der Waals surface area contributed by atoms with E-state index in [1.54, 1.807) is 34.9 Å². The Morgan fingerprint density at radius 1 is 1.23 bits per heavy atom. The first-order valence-corrected chi connectivity index (χ1v) is 7.25. The van der Waals surface area contributed by atoms with E-state index in [-0.39, 0.29) is 5.82 Å². The summed E-state index contributed by atoms with van der Waals surface area (Å²) in [7, 11) is 0. The summed E-state index contributed by atoms with van der Waals surface area (Å²) in [6.45, 7) is 0. The molecule has 0 radical (unpaired) electrons. The molecule has 0 saturated carbocycles. The van der Waals surface area contributed by atoms with Crippen LogP contribution < -0.4 is 5.32 Å². The monoisotopic (exact) mass is 337 g/mol. The zero-order valence-electron chi connectivity index (χ0n) is 11.1. The van der Waals surface area contributed by atoms with Gasteiger partial charge in [0.1, 0.15) is 23.0 Å². The van der Waals surface area contributed by atoms with Crippen molar-refractivity contribution in [2.75, 3.05) is 5.32 Å². The molecule has 22 heavy (non-hydrogen) atoms. The summed E-state index contributed by atoms with van der Waals surface area (Å²) in [5.41, 5.74) is 1.59. The molecule has 0 fully saturated rings. The molecule has 1 aromatic carbocycles. The van der Waals surface area contributed by atoms with E-state index in [2.05, 4.69) is 10.3 Å². The van der Waals surface area contributed by atoms with E-state index in [4.69, 9.17) is 23.2 Å². The minimum Gasteiger partial charge on any atom is -0.308 e. The molecule has 2 aromatic heterocycles. The summed E-state index contributed by atoms with van der Waals surface area (Å²) in [5.74, 6) is -0.580. The van der Waals surface area contributed by atoms with Crippen molar-refractivity contribution < 1.29 is 9.18 Å². The Labute approximate surface area is 135 Å². The van der Waals surface area contributed by atoms with Crippen LogP contribution >= 0.6 is 23.2 Å². The molecule has 0 saturated heterocycles. The van der Waals surface area contributed by atoms with Crippen molar-refractivity contribution >= 4 is 40.6 Å². The Kier molecular flexibility index (Phi) is 4.00. The first kappa shape index (κ1) is 14.8. The normalized spacial score (nSPS) is 11.1. The van der Waals surface area contributed by atoms with Gasteiger partial charge in [0.05, 0.1) is 0 Å². The predicted octanol–water partition coefficient (Wildman–Crippen LogP) is 3.88. The maximum Gasteiger partial charge on any atom is 0.258 e. The smallest absolute Gasteiger partial charge is 0.258 e. The summed E-state index contributed by atoms with van der Waals surface area (Å²) >= 11 is 11.2. The molecule has 0 aliphatic carbocycles. The number of imidazole rings is 1. The molecule has 0 spiro atoms. The Balaban J connectivity index is 2.18. The number of benzene rings is 1. The lowest BCUT2D eigenvalue weighted by Crippen LogP contribution is -2.20. The molecule has 0 unspecified atom stereocenters. The highest BCUT2D eigenvalue weighted by atomic mass is 35.5. The molecule has 1 N–H and O–H groups in total. The molecule has 4 nitrogen and oxygen atoms in total. The second-order valence-electron chi connectivity index (χ2n) is 4.54. The van der Waals surface area contributed by atoms with Crippen LogP contribution in [0.15, 0.2) is 48.7 Å². The van der Waals surface area contributed by atoms with Gasteiger partial charge in [0.15, 0.2) is 4.84 Å². The first-order chi connectivity index (χ1) is 10.6. The van der Waals surface area contributed by atoms with Crippen molar-refractivity contribution in [3.63, 3.8) is 0 Å². The summed E-state index contributed by atoms with van der Waals surface area (Å²) in [6, 6.07) is 11.3. The molecule has 0 bridgehead atoms. The molecule has 0 aliphatic heterocycles. The van der Waals surface area contributed by atoms with Crippen LogP contribution in [0.5, 0.6) is 0 Å². The average Bonchev–Trinajstić information content (AvgIpc) is 2.86. The van der Waals surface area contributed by atoms with Crippen molar-refractivity contribution in [3.8, 4) is 11.3 Å². The van der Waals surface area contributed by atoms with Gasteiger partial charge in [-0.15, -0.1) is 0 Å². The maximum atomic E-state index is 13.5. The lowest BCUT2D eigenvalue weighted by Gasteiger charge is -2.08. The third kappa shape index (κ3) is 2.77. The second kappa shape index (κ2) is 5.94. The van der Waals surface area contributed by atoms with E-state index in [9.17, 15) is 9.18 Å². The van der Waals surface area contributed by atoms with E-state index in [1.807, 2.05) is 6.07 Å². The van der Waals surface area contributed by atoms with Crippen LogP contribution in [0.3, 0.4) is 0 Å². The molecule has 0 atom stereocenters. The zero-order chi connectivity index (χ0) is 15.7. The molecule has 0 aliphatic rings. The fourth-order valence-corrected chi connectivity index (χ4v) is 2.23. The Morgan fingerprint density at radius 3 is 2.77 bits per heavy atom. The van der Waals surface area contributed by atoms with E-state index < -0.39 is 10.7 Å². The van der Waals surface area contributed by atoms with Gasteiger partial charge in [0, 0.05) is 11.8 Å². The van der Waals surface area contributed by atoms with Gasteiger partial charge >= 0.3 is 0 Å². The SMILES string of the molecule is O=C(Nc1c(-c2cccc(F)c2)nc2ccccn12)C(Cl)Cl. The lowest BCUT2D eigenvalue weighted by molar-refractivity contribution is -0.114. The van der Waals surface area contributed by atoms with E-state index in [0.29, 0.717) is 22.7 Å². The average molecular weight is 338 g/mol. The Morgan fingerprint density at radius 2 is 2.05 bits per heavy atom. The third-order valence-electron chi connectivity index (χ3n) is 3.07. The molecular weight excluding hydrogens is 328 g/mol. The standard InChI is InChI=1S/C15H10Cl2FN3O/c16-13(17)15(22)20-14-12(9-4-3-5-10(18)8-9)19-11-6-1-2-7-21(11)14/h1-8,13H,(H,20,22). The zero-order valence-corrected chi connectivity index (χ0v) is 12.6. The number of fused-ring (bicyclic) bond motifs is 1. The highest BCUT2D eigenvalue weighted by Gasteiger charge is 2.19. The topological polar surface area (TPSA) is 46.4 Å². The first-order valence-electron chi connectivity index (χ1n) is 6.38. The molecule has 2 heterocycles. The number of nitrogens with zero attached hydrogens (tertiary/aromatic N) is 2. The molecule has 3 rings (SSSR count). The molecule has 112 valence electrons. The Hall–Kier alpha value is -2.11. The van der Waals surface area contributed by atoms with E-state index in [0.717, 1.165) is 0 Å². The number of amides is 1. The van der Waals surface area contributed by atoms with Gasteiger partial charge < -0.3 is 5.32 Å². The summed E-state index contributed by atoms with van der Waals surface area (Å²) < 4.78 is 15.1. The second-order valence-corrected chi connectivity index (χ2v) is 5.63. The highest BCUT2D eigenvalue weighted by Crippen LogP contribution is 2.29. The number of anilines is 1. The van der Waals surface area contributed by atoms with E-state index >= 15 is 0 Å². The van der Waals surface area contributed by atoms with Crippen molar-refractivity contribution in [2.45, 2.75) is 4.84 Å². The minimum absolute atomic E-state index is 0.387. The van der Waals surface area contributed by atoms with Crippen LogP contribution in [-0.4, -0.2) is 20.1 Å². The van der Waals surface area contributed by atoms with Gasteiger partial charge in [-0.1, -0.05) is 41.4 Å². The highest BCUT2D eigenvalue weighted by molar-refractivity contribution is 6.54. The van der Waals surface area contributed by atoms with Crippen molar-refractivity contribution in [3.05, 3.63) is 54.5 Å². The van der Waals surface area contributed by atoms with Crippen LogP contribution in [0.1, 0.15) is 0 Å². The number of halogens is 3. The number of rotatable bonds is 3. The number of hydrogen-bond acceptors (Lipinski definition) is 2. The van der Waals surface area contributed by atoms with Crippen LogP contribution in [0.2, 0.25) is 0 Å². The van der Waals surface area contributed by atoms with Crippen molar-refractivity contribution in [2.24, 2.45) is 0 Å². The van der Waals surface area contributed by atoms with E-state index in [1.165, 1.54) is 12.1 Å². The summed E-state index contributed by atoms with van der Waals surface area (Å²) in [5, 5.41) is 2.63. The maximum absolute atomic E-state index is 13.5. The fraction of sp³-hybridized carbons (Fsp3) is 0.0667. The van der Waals surface area contributed by atoms with Gasteiger partial charge in [0.2, 0.25) is 0 Å². The quantitative estimate of drug-likeness (QED) is 0.737.